The predicted octanol–water partition coefficient (Wildman–Crippen LogP) is 4.83. The number of nitrogens with one attached hydrogen (secondary N) is 2. The third kappa shape index (κ3) is 4.90. The molecule has 5 heteroatoms. The van der Waals surface area contributed by atoms with Crippen molar-refractivity contribution in [2.75, 3.05) is 5.32 Å². The van der Waals surface area contributed by atoms with Gasteiger partial charge in [-0.15, -0.1) is 0 Å². The maximum Gasteiger partial charge on any atom is 0.251 e. The largest absolute Gasteiger partial charge is 0.348 e. The second kappa shape index (κ2) is 7.94. The van der Waals surface area contributed by atoms with E-state index in [1.54, 1.807) is 18.3 Å². The molecule has 1 heterocycles. The van der Waals surface area contributed by atoms with Crippen molar-refractivity contribution < 1.29 is 4.79 Å². The maximum atomic E-state index is 12.4. The van der Waals surface area contributed by atoms with Gasteiger partial charge in [-0.1, -0.05) is 45.8 Å². The van der Waals surface area contributed by atoms with Crippen molar-refractivity contribution in [3.63, 3.8) is 0 Å². The summed E-state index contributed by atoms with van der Waals surface area (Å²) in [5, 5.41) is 6.14. The molecule has 0 bridgehead atoms. The third-order valence-corrected chi connectivity index (χ3v) is 4.20. The summed E-state index contributed by atoms with van der Waals surface area (Å²) in [6.45, 7) is 2.53. The molecule has 0 fully saturated rings. The van der Waals surface area contributed by atoms with E-state index in [9.17, 15) is 4.79 Å². The van der Waals surface area contributed by atoms with Crippen molar-refractivity contribution in [2.24, 2.45) is 0 Å². The zero-order valence-corrected chi connectivity index (χ0v) is 15.4. The van der Waals surface area contributed by atoms with Crippen molar-refractivity contribution in [1.29, 1.82) is 0 Å². The van der Waals surface area contributed by atoms with Crippen LogP contribution in [-0.4, -0.2) is 10.9 Å². The topological polar surface area (TPSA) is 54.0 Å². The summed E-state index contributed by atoms with van der Waals surface area (Å²) >= 11 is 3.41. The number of carbonyl (C=O) groups excluding carboxylic acids is 1. The monoisotopic (exact) mass is 395 g/mol. The summed E-state index contributed by atoms with van der Waals surface area (Å²) in [4.78, 5) is 16.6. The number of halogens is 1. The van der Waals surface area contributed by atoms with E-state index in [0.717, 1.165) is 15.7 Å². The fourth-order valence-electron chi connectivity index (χ4n) is 2.43. The second-order valence-corrected chi connectivity index (χ2v) is 6.65. The van der Waals surface area contributed by atoms with E-state index in [-0.39, 0.29) is 5.91 Å². The van der Waals surface area contributed by atoms with Gasteiger partial charge in [-0.05, 0) is 48.9 Å². The summed E-state index contributed by atoms with van der Waals surface area (Å²) in [5.41, 5.74) is 3.74. The summed E-state index contributed by atoms with van der Waals surface area (Å²) < 4.78 is 1.01. The van der Waals surface area contributed by atoms with Gasteiger partial charge in [0.05, 0.1) is 0 Å². The molecule has 0 unspecified atom stereocenters. The molecule has 2 aromatic carbocycles. The van der Waals surface area contributed by atoms with Crippen LogP contribution >= 0.6 is 15.9 Å². The van der Waals surface area contributed by atoms with Crippen molar-refractivity contribution >= 4 is 33.3 Å². The van der Waals surface area contributed by atoms with Gasteiger partial charge >= 0.3 is 0 Å². The molecule has 25 heavy (non-hydrogen) atoms. The van der Waals surface area contributed by atoms with Gasteiger partial charge in [0.25, 0.3) is 5.91 Å². The minimum Gasteiger partial charge on any atom is -0.348 e. The van der Waals surface area contributed by atoms with E-state index < -0.39 is 0 Å². The molecule has 0 radical (unpaired) electrons. The van der Waals surface area contributed by atoms with Crippen LogP contribution in [0.3, 0.4) is 0 Å². The Morgan fingerprint density at radius 3 is 2.64 bits per heavy atom. The fraction of sp³-hybridized carbons (Fsp3) is 0.100. The van der Waals surface area contributed by atoms with Crippen LogP contribution in [0.2, 0.25) is 0 Å². The molecule has 0 saturated carbocycles. The molecule has 0 atom stereocenters. The first-order valence-corrected chi connectivity index (χ1v) is 8.72. The molecule has 2 N–H and O–H groups in total. The van der Waals surface area contributed by atoms with Gasteiger partial charge in [-0.25, -0.2) is 4.98 Å². The Morgan fingerprint density at radius 1 is 1.08 bits per heavy atom. The third-order valence-electron chi connectivity index (χ3n) is 3.67. The van der Waals surface area contributed by atoms with Crippen LogP contribution in [0.15, 0.2) is 71.3 Å². The van der Waals surface area contributed by atoms with Crippen molar-refractivity contribution in [2.45, 2.75) is 13.5 Å². The van der Waals surface area contributed by atoms with Crippen molar-refractivity contribution in [3.05, 3.63) is 88.0 Å². The highest BCUT2D eigenvalue weighted by Gasteiger charge is 2.07. The first kappa shape index (κ1) is 17.2. The minimum atomic E-state index is -0.122. The molecule has 0 aliphatic heterocycles. The predicted molar refractivity (Wildman–Crippen MR) is 104 cm³/mol. The molecule has 0 aliphatic rings. The van der Waals surface area contributed by atoms with Gasteiger partial charge < -0.3 is 10.6 Å². The Balaban J connectivity index is 1.65. The van der Waals surface area contributed by atoms with Gasteiger partial charge in [0.2, 0.25) is 0 Å². The summed E-state index contributed by atoms with van der Waals surface area (Å²) in [6.07, 6.45) is 1.63. The number of benzene rings is 2. The number of rotatable bonds is 5. The van der Waals surface area contributed by atoms with Gasteiger partial charge in [-0.2, -0.15) is 0 Å². The van der Waals surface area contributed by atoms with Crippen LogP contribution in [0.25, 0.3) is 0 Å². The Kier molecular flexibility index (Phi) is 5.46. The maximum absolute atomic E-state index is 12.4. The van der Waals surface area contributed by atoms with Crippen LogP contribution in [0.4, 0.5) is 11.5 Å². The van der Waals surface area contributed by atoms with E-state index in [4.69, 9.17) is 0 Å². The van der Waals surface area contributed by atoms with Gasteiger partial charge in [-0.3, -0.25) is 4.79 Å². The van der Waals surface area contributed by atoms with E-state index in [1.165, 1.54) is 5.56 Å². The molecule has 1 amide bonds. The Bertz CT molecular complexity index is 878. The molecule has 126 valence electrons. The standard InChI is InChI=1S/C20H18BrN3O/c1-14-3-2-4-15(11-14)13-23-20(25)16-9-10-22-19(12-16)24-18-7-5-17(21)6-8-18/h2-12H,13H2,1H3,(H,22,24)(H,23,25). The molecule has 0 aliphatic carbocycles. The second-order valence-electron chi connectivity index (χ2n) is 5.73. The van der Waals surface area contributed by atoms with E-state index >= 15 is 0 Å². The Labute approximate surface area is 155 Å². The number of aryl methyl sites for hydroxylation is 1. The SMILES string of the molecule is Cc1cccc(CNC(=O)c2ccnc(Nc3ccc(Br)cc3)c2)c1. The Hall–Kier alpha value is -2.66. The first-order chi connectivity index (χ1) is 12.1. The lowest BCUT2D eigenvalue weighted by molar-refractivity contribution is 0.0951. The Morgan fingerprint density at radius 2 is 1.88 bits per heavy atom. The number of anilines is 2. The van der Waals surface area contributed by atoms with Crippen molar-refractivity contribution in [1.82, 2.24) is 10.3 Å². The molecular formula is C20H18BrN3O. The van der Waals surface area contributed by atoms with Crippen LogP contribution < -0.4 is 10.6 Å². The molecular weight excluding hydrogens is 378 g/mol. The summed E-state index contributed by atoms with van der Waals surface area (Å²) in [5.74, 6) is 0.508. The van der Waals surface area contributed by atoms with Crippen LogP contribution in [0.1, 0.15) is 21.5 Å². The van der Waals surface area contributed by atoms with Crippen LogP contribution in [-0.2, 0) is 6.54 Å². The number of pyridine rings is 1. The molecule has 0 saturated heterocycles. The highest BCUT2D eigenvalue weighted by molar-refractivity contribution is 9.10. The molecule has 4 nitrogen and oxygen atoms in total. The van der Waals surface area contributed by atoms with E-state index in [1.807, 2.05) is 49.4 Å². The fourth-order valence-corrected chi connectivity index (χ4v) is 2.69. The quantitative estimate of drug-likeness (QED) is 0.650. The summed E-state index contributed by atoms with van der Waals surface area (Å²) in [6, 6.07) is 19.3. The molecule has 1 aromatic heterocycles. The molecule has 0 spiro atoms. The molecule has 3 rings (SSSR count). The summed E-state index contributed by atoms with van der Waals surface area (Å²) in [7, 11) is 0. The number of aromatic nitrogens is 1. The van der Waals surface area contributed by atoms with Gasteiger partial charge in [0.1, 0.15) is 5.82 Å². The molecule has 3 aromatic rings. The van der Waals surface area contributed by atoms with Crippen LogP contribution in [0, 0.1) is 6.92 Å². The highest BCUT2D eigenvalue weighted by atomic mass is 79.9. The zero-order valence-electron chi connectivity index (χ0n) is 13.8. The minimum absolute atomic E-state index is 0.122. The number of nitrogens with zero attached hydrogens (tertiary/aromatic N) is 1. The number of carbonyl (C=O) groups is 1. The zero-order chi connectivity index (χ0) is 17.6. The normalized spacial score (nSPS) is 10.3. The lowest BCUT2D eigenvalue weighted by atomic mass is 10.1. The van der Waals surface area contributed by atoms with Gasteiger partial charge in [0, 0.05) is 28.5 Å². The average Bonchev–Trinajstić information content (AvgIpc) is 2.62. The number of amides is 1. The number of hydrogen-bond donors (Lipinski definition) is 2. The van der Waals surface area contributed by atoms with E-state index in [0.29, 0.717) is 17.9 Å². The first-order valence-electron chi connectivity index (χ1n) is 7.92. The smallest absolute Gasteiger partial charge is 0.251 e. The van der Waals surface area contributed by atoms with Crippen molar-refractivity contribution in [3.8, 4) is 0 Å². The highest BCUT2D eigenvalue weighted by Crippen LogP contribution is 2.18. The lowest BCUT2D eigenvalue weighted by Crippen LogP contribution is -2.22. The lowest BCUT2D eigenvalue weighted by Gasteiger charge is -2.09. The van der Waals surface area contributed by atoms with Gasteiger partial charge in [0.15, 0.2) is 0 Å². The average molecular weight is 396 g/mol. The van der Waals surface area contributed by atoms with Crippen LogP contribution in [0.5, 0.6) is 0 Å². The van der Waals surface area contributed by atoms with E-state index in [2.05, 4.69) is 37.6 Å². The number of hydrogen-bond acceptors (Lipinski definition) is 3.